The minimum atomic E-state index is -0.0892. The van der Waals surface area contributed by atoms with Crippen molar-refractivity contribution < 1.29 is 23.7 Å². The molecule has 2 aliphatic heterocycles. The lowest BCUT2D eigenvalue weighted by atomic mass is 9.85. The zero-order valence-electron chi connectivity index (χ0n) is 15.1. The highest BCUT2D eigenvalue weighted by molar-refractivity contribution is 5.97. The highest BCUT2D eigenvalue weighted by Gasteiger charge is 2.24. The minimum absolute atomic E-state index is 0.0461. The molecule has 0 N–H and O–H groups in total. The van der Waals surface area contributed by atoms with E-state index in [4.69, 9.17) is 18.9 Å². The van der Waals surface area contributed by atoms with Gasteiger partial charge in [0.2, 0.25) is 13.6 Å². The molecule has 5 nitrogen and oxygen atoms in total. The fourth-order valence-electron chi connectivity index (χ4n) is 3.62. The summed E-state index contributed by atoms with van der Waals surface area (Å²) in [6, 6.07) is 21.2. The van der Waals surface area contributed by atoms with Crippen molar-refractivity contribution in [2.75, 3.05) is 13.6 Å². The first kappa shape index (κ1) is 16.7. The molecular weight excluding hydrogens is 356 g/mol. The van der Waals surface area contributed by atoms with Gasteiger partial charge >= 0.3 is 0 Å². The number of ketones is 1. The summed E-state index contributed by atoms with van der Waals surface area (Å²) in [5.74, 6) is 2.70. The van der Waals surface area contributed by atoms with Gasteiger partial charge in [-0.3, -0.25) is 4.79 Å². The molecule has 0 bridgehead atoms. The summed E-state index contributed by atoms with van der Waals surface area (Å²) >= 11 is 0. The van der Waals surface area contributed by atoms with Crippen molar-refractivity contribution in [1.29, 1.82) is 0 Å². The Kier molecular flexibility index (Phi) is 4.13. The van der Waals surface area contributed by atoms with Gasteiger partial charge in [0.15, 0.2) is 28.8 Å². The van der Waals surface area contributed by atoms with E-state index in [2.05, 4.69) is 0 Å². The van der Waals surface area contributed by atoms with E-state index in [1.165, 1.54) is 0 Å². The maximum absolute atomic E-state index is 13.1. The molecule has 0 aromatic heterocycles. The number of fused-ring (bicyclic) bond motifs is 2. The van der Waals surface area contributed by atoms with Crippen molar-refractivity contribution in [1.82, 2.24) is 0 Å². The maximum Gasteiger partial charge on any atom is 0.231 e. The molecule has 3 aromatic carbocycles. The van der Waals surface area contributed by atoms with E-state index in [-0.39, 0.29) is 25.3 Å². The third kappa shape index (κ3) is 3.05. The zero-order chi connectivity index (χ0) is 18.9. The zero-order valence-corrected chi connectivity index (χ0v) is 15.1. The van der Waals surface area contributed by atoms with E-state index in [0.717, 1.165) is 16.9 Å². The summed E-state index contributed by atoms with van der Waals surface area (Å²) in [6.45, 7) is 0.418. The van der Waals surface area contributed by atoms with Gasteiger partial charge in [0.25, 0.3) is 0 Å². The van der Waals surface area contributed by atoms with Crippen LogP contribution in [0.5, 0.6) is 23.0 Å². The lowest BCUT2D eigenvalue weighted by Gasteiger charge is -2.18. The van der Waals surface area contributed by atoms with E-state index < -0.39 is 0 Å². The summed E-state index contributed by atoms with van der Waals surface area (Å²) < 4.78 is 21.7. The maximum atomic E-state index is 13.1. The second-order valence-electron chi connectivity index (χ2n) is 6.77. The molecule has 0 spiro atoms. The van der Waals surface area contributed by atoms with Crippen LogP contribution in [-0.2, 0) is 0 Å². The van der Waals surface area contributed by atoms with Crippen molar-refractivity contribution in [2.24, 2.45) is 0 Å². The van der Waals surface area contributed by atoms with Gasteiger partial charge in [0, 0.05) is 17.9 Å². The van der Waals surface area contributed by atoms with E-state index in [1.54, 1.807) is 18.2 Å². The average Bonchev–Trinajstić information content (AvgIpc) is 3.40. The smallest absolute Gasteiger partial charge is 0.231 e. The lowest BCUT2D eigenvalue weighted by Crippen LogP contribution is -2.09. The molecule has 3 aromatic rings. The quantitative estimate of drug-likeness (QED) is 0.613. The standard InChI is InChI=1S/C23H18O5/c24-19(17-7-9-21-23(11-17)28-14-26-21)12-18(15-4-2-1-3-5-15)16-6-8-20-22(10-16)27-13-25-20/h1-11,18H,12-14H2. The number of hydrogen-bond donors (Lipinski definition) is 0. The molecule has 140 valence electrons. The average molecular weight is 374 g/mol. The number of carbonyl (C=O) groups is 1. The molecular formula is C23H18O5. The third-order valence-corrected chi connectivity index (χ3v) is 5.09. The summed E-state index contributed by atoms with van der Waals surface area (Å²) in [4.78, 5) is 13.1. The third-order valence-electron chi connectivity index (χ3n) is 5.09. The molecule has 0 saturated carbocycles. The van der Waals surface area contributed by atoms with Crippen molar-refractivity contribution in [3.8, 4) is 23.0 Å². The number of Topliss-reactive ketones (excluding diaryl/α,β-unsaturated/α-hetero) is 1. The molecule has 0 aliphatic carbocycles. The predicted molar refractivity (Wildman–Crippen MR) is 102 cm³/mol. The van der Waals surface area contributed by atoms with Crippen molar-refractivity contribution in [3.63, 3.8) is 0 Å². The van der Waals surface area contributed by atoms with Crippen LogP contribution in [0.25, 0.3) is 0 Å². The van der Waals surface area contributed by atoms with Crippen LogP contribution < -0.4 is 18.9 Å². The Bertz CT molecular complexity index is 1030. The SMILES string of the molecule is O=C(CC(c1ccccc1)c1ccc2c(c1)OCO2)c1ccc2c(c1)OCO2. The van der Waals surface area contributed by atoms with Gasteiger partial charge in [0.1, 0.15) is 0 Å². The Labute approximate surface area is 162 Å². The Hall–Kier alpha value is -3.47. The van der Waals surface area contributed by atoms with Crippen LogP contribution in [0.1, 0.15) is 33.8 Å². The molecule has 0 fully saturated rings. The molecule has 0 amide bonds. The first-order chi connectivity index (χ1) is 13.8. The second kappa shape index (κ2) is 6.93. The van der Waals surface area contributed by atoms with Crippen LogP contribution in [0.4, 0.5) is 0 Å². The van der Waals surface area contributed by atoms with Crippen LogP contribution in [0, 0.1) is 0 Å². The molecule has 28 heavy (non-hydrogen) atoms. The fraction of sp³-hybridized carbons (Fsp3) is 0.174. The van der Waals surface area contributed by atoms with Crippen LogP contribution in [0.2, 0.25) is 0 Å². The molecule has 1 unspecified atom stereocenters. The second-order valence-corrected chi connectivity index (χ2v) is 6.77. The van der Waals surface area contributed by atoms with E-state index in [9.17, 15) is 4.79 Å². The van der Waals surface area contributed by atoms with Gasteiger partial charge in [-0.05, 0) is 41.5 Å². The van der Waals surface area contributed by atoms with E-state index in [1.807, 2.05) is 48.5 Å². The molecule has 5 heteroatoms. The molecule has 2 aliphatic rings. The number of benzene rings is 3. The first-order valence-electron chi connectivity index (χ1n) is 9.15. The van der Waals surface area contributed by atoms with Crippen LogP contribution in [0.15, 0.2) is 66.7 Å². The highest BCUT2D eigenvalue weighted by Crippen LogP contribution is 2.39. The van der Waals surface area contributed by atoms with Crippen LogP contribution in [0.3, 0.4) is 0 Å². The molecule has 0 radical (unpaired) electrons. The topological polar surface area (TPSA) is 54.0 Å². The predicted octanol–water partition coefficient (Wildman–Crippen LogP) is 4.55. The molecule has 0 saturated heterocycles. The van der Waals surface area contributed by atoms with Crippen molar-refractivity contribution in [3.05, 3.63) is 83.4 Å². The molecule has 5 rings (SSSR count). The lowest BCUT2D eigenvalue weighted by molar-refractivity contribution is 0.0977. The van der Waals surface area contributed by atoms with Gasteiger partial charge in [0.05, 0.1) is 0 Å². The van der Waals surface area contributed by atoms with Crippen LogP contribution in [-0.4, -0.2) is 19.4 Å². The van der Waals surface area contributed by atoms with E-state index in [0.29, 0.717) is 29.2 Å². The number of carbonyl (C=O) groups excluding carboxylic acids is 1. The van der Waals surface area contributed by atoms with Gasteiger partial charge in [-0.25, -0.2) is 0 Å². The minimum Gasteiger partial charge on any atom is -0.454 e. The largest absolute Gasteiger partial charge is 0.454 e. The molecule has 1 atom stereocenters. The first-order valence-corrected chi connectivity index (χ1v) is 9.15. The van der Waals surface area contributed by atoms with Crippen molar-refractivity contribution >= 4 is 5.78 Å². The number of ether oxygens (including phenoxy) is 4. The Balaban J connectivity index is 1.47. The van der Waals surface area contributed by atoms with Gasteiger partial charge < -0.3 is 18.9 Å². The van der Waals surface area contributed by atoms with E-state index >= 15 is 0 Å². The molecule has 2 heterocycles. The normalized spacial score (nSPS) is 14.7. The Morgan fingerprint density at radius 2 is 1.36 bits per heavy atom. The van der Waals surface area contributed by atoms with Crippen LogP contribution >= 0.6 is 0 Å². The monoisotopic (exact) mass is 374 g/mol. The summed E-state index contributed by atoms with van der Waals surface area (Å²) in [6.07, 6.45) is 0.337. The van der Waals surface area contributed by atoms with Gasteiger partial charge in [-0.1, -0.05) is 36.4 Å². The van der Waals surface area contributed by atoms with Gasteiger partial charge in [-0.15, -0.1) is 0 Å². The Morgan fingerprint density at radius 3 is 2.11 bits per heavy atom. The fourth-order valence-corrected chi connectivity index (χ4v) is 3.62. The summed E-state index contributed by atoms with van der Waals surface area (Å²) in [5.41, 5.74) is 2.71. The number of hydrogen-bond acceptors (Lipinski definition) is 5. The Morgan fingerprint density at radius 1 is 0.714 bits per heavy atom. The summed E-state index contributed by atoms with van der Waals surface area (Å²) in [7, 11) is 0. The highest BCUT2D eigenvalue weighted by atomic mass is 16.7. The van der Waals surface area contributed by atoms with Crippen molar-refractivity contribution in [2.45, 2.75) is 12.3 Å². The number of rotatable bonds is 5. The summed E-state index contributed by atoms with van der Waals surface area (Å²) in [5, 5.41) is 0. The van der Waals surface area contributed by atoms with Gasteiger partial charge in [-0.2, -0.15) is 0 Å².